The summed E-state index contributed by atoms with van der Waals surface area (Å²) in [5.74, 6) is 0. The van der Waals surface area contributed by atoms with E-state index < -0.39 is 17.7 Å². The Bertz CT molecular complexity index is 478. The maximum Gasteiger partial charge on any atom is 0.410 e. The first-order chi connectivity index (χ1) is 10.1. The lowest BCUT2D eigenvalue weighted by Crippen LogP contribution is -2.47. The van der Waals surface area contributed by atoms with Gasteiger partial charge in [-0.3, -0.25) is 0 Å². The van der Waals surface area contributed by atoms with Gasteiger partial charge in [0.05, 0.1) is 19.8 Å². The Morgan fingerprint density at radius 3 is 2.18 bits per heavy atom. The van der Waals surface area contributed by atoms with Crippen LogP contribution in [0.15, 0.2) is 24.3 Å². The van der Waals surface area contributed by atoms with Crippen LogP contribution in [0, 0.1) is 0 Å². The van der Waals surface area contributed by atoms with Crippen molar-refractivity contribution >= 4 is 6.09 Å². The zero-order chi connectivity index (χ0) is 16.9. The lowest BCUT2D eigenvalue weighted by atomic mass is 10.0. The standard InChI is InChI=1S/C17H28N2O3/c1-17(2,3)19(16(21)22-6)12-15(20)14-9-7-13(8-10-14)11-18(4)5/h7-10,15,20H,11-12H2,1-6H3. The number of β-amino-alcohol motifs (C(OH)–C–C–N with tert-alkyl or cyclic N) is 1. The summed E-state index contributed by atoms with van der Waals surface area (Å²) in [5.41, 5.74) is 1.56. The molecule has 0 saturated heterocycles. The lowest BCUT2D eigenvalue weighted by Gasteiger charge is -2.35. The summed E-state index contributed by atoms with van der Waals surface area (Å²) in [6, 6.07) is 7.81. The molecule has 1 rings (SSSR count). The third kappa shape index (κ3) is 5.31. The number of ether oxygens (including phenoxy) is 1. The molecule has 0 aliphatic heterocycles. The van der Waals surface area contributed by atoms with Gasteiger partial charge in [0, 0.05) is 12.1 Å². The molecule has 124 valence electrons. The second-order valence-electron chi connectivity index (χ2n) is 6.75. The molecular weight excluding hydrogens is 280 g/mol. The molecule has 1 amide bonds. The number of carbonyl (C=O) groups is 1. The van der Waals surface area contributed by atoms with Crippen LogP contribution in [0.2, 0.25) is 0 Å². The molecule has 22 heavy (non-hydrogen) atoms. The van der Waals surface area contributed by atoms with Gasteiger partial charge in [-0.25, -0.2) is 4.79 Å². The van der Waals surface area contributed by atoms with Crippen molar-refractivity contribution in [1.29, 1.82) is 0 Å². The Balaban J connectivity index is 2.81. The summed E-state index contributed by atoms with van der Waals surface area (Å²) in [4.78, 5) is 15.5. The molecule has 0 heterocycles. The number of methoxy groups -OCH3 is 1. The molecule has 5 nitrogen and oxygen atoms in total. The number of amides is 1. The first-order valence-electron chi connectivity index (χ1n) is 7.42. The van der Waals surface area contributed by atoms with Gasteiger partial charge in [-0.05, 0) is 46.0 Å². The summed E-state index contributed by atoms with van der Waals surface area (Å²) in [6.07, 6.45) is -1.18. The number of benzene rings is 1. The summed E-state index contributed by atoms with van der Waals surface area (Å²) >= 11 is 0. The van der Waals surface area contributed by atoms with Crippen LogP contribution in [0.1, 0.15) is 38.0 Å². The summed E-state index contributed by atoms with van der Waals surface area (Å²) in [7, 11) is 5.38. The second kappa shape index (κ2) is 7.61. The van der Waals surface area contributed by atoms with Gasteiger partial charge in [0.25, 0.3) is 0 Å². The number of rotatable bonds is 5. The summed E-state index contributed by atoms with van der Waals surface area (Å²) < 4.78 is 4.81. The Kier molecular flexibility index (Phi) is 6.38. The SMILES string of the molecule is COC(=O)N(CC(O)c1ccc(CN(C)C)cc1)C(C)(C)C. The van der Waals surface area contributed by atoms with E-state index in [0.29, 0.717) is 0 Å². The van der Waals surface area contributed by atoms with Crippen LogP contribution >= 0.6 is 0 Å². The largest absolute Gasteiger partial charge is 0.453 e. The zero-order valence-electron chi connectivity index (χ0n) is 14.5. The van der Waals surface area contributed by atoms with Crippen LogP contribution < -0.4 is 0 Å². The predicted molar refractivity (Wildman–Crippen MR) is 87.7 cm³/mol. The third-order valence-corrected chi connectivity index (χ3v) is 3.42. The molecule has 1 aromatic carbocycles. The van der Waals surface area contributed by atoms with Gasteiger partial charge in [0.15, 0.2) is 0 Å². The van der Waals surface area contributed by atoms with Gasteiger partial charge in [0.1, 0.15) is 0 Å². The van der Waals surface area contributed by atoms with Crippen molar-refractivity contribution in [3.63, 3.8) is 0 Å². The van der Waals surface area contributed by atoms with E-state index in [9.17, 15) is 9.90 Å². The normalized spacial score (nSPS) is 13.1. The lowest BCUT2D eigenvalue weighted by molar-refractivity contribution is 0.0461. The predicted octanol–water partition coefficient (Wildman–Crippen LogP) is 2.65. The molecule has 0 bridgehead atoms. The number of hydrogen-bond donors (Lipinski definition) is 1. The van der Waals surface area contributed by atoms with Crippen molar-refractivity contribution in [2.24, 2.45) is 0 Å². The van der Waals surface area contributed by atoms with E-state index in [1.165, 1.54) is 17.6 Å². The van der Waals surface area contributed by atoms with Crippen molar-refractivity contribution in [2.45, 2.75) is 39.0 Å². The molecule has 0 saturated carbocycles. The number of carbonyl (C=O) groups excluding carboxylic acids is 1. The zero-order valence-corrected chi connectivity index (χ0v) is 14.5. The smallest absolute Gasteiger partial charge is 0.410 e. The van der Waals surface area contributed by atoms with Crippen molar-refractivity contribution < 1.29 is 14.6 Å². The van der Waals surface area contributed by atoms with Crippen LogP contribution in [0.25, 0.3) is 0 Å². The first-order valence-corrected chi connectivity index (χ1v) is 7.42. The van der Waals surface area contributed by atoms with Gasteiger partial charge in [-0.2, -0.15) is 0 Å². The summed E-state index contributed by atoms with van der Waals surface area (Å²) in [5, 5.41) is 10.4. The van der Waals surface area contributed by atoms with E-state index >= 15 is 0 Å². The molecule has 1 aromatic rings. The van der Waals surface area contributed by atoms with E-state index in [1.54, 1.807) is 0 Å². The molecule has 1 unspecified atom stereocenters. The van der Waals surface area contributed by atoms with E-state index in [-0.39, 0.29) is 6.54 Å². The van der Waals surface area contributed by atoms with E-state index in [2.05, 4.69) is 4.90 Å². The van der Waals surface area contributed by atoms with Crippen LogP contribution in [0.3, 0.4) is 0 Å². The maximum atomic E-state index is 11.9. The quantitative estimate of drug-likeness (QED) is 0.908. The number of aliphatic hydroxyl groups is 1. The monoisotopic (exact) mass is 308 g/mol. The molecule has 0 aliphatic rings. The Hall–Kier alpha value is -1.59. The van der Waals surface area contributed by atoms with Gasteiger partial charge in [0.2, 0.25) is 0 Å². The fourth-order valence-corrected chi connectivity index (χ4v) is 2.22. The average Bonchev–Trinajstić information content (AvgIpc) is 2.42. The third-order valence-electron chi connectivity index (χ3n) is 3.42. The number of nitrogens with zero attached hydrogens (tertiary/aromatic N) is 2. The average molecular weight is 308 g/mol. The Labute approximate surface area is 133 Å². The van der Waals surface area contributed by atoms with Gasteiger partial charge < -0.3 is 19.6 Å². The second-order valence-corrected chi connectivity index (χ2v) is 6.75. The molecule has 0 aromatic heterocycles. The molecule has 5 heteroatoms. The van der Waals surface area contributed by atoms with E-state index in [0.717, 1.165) is 12.1 Å². The highest BCUT2D eigenvalue weighted by molar-refractivity contribution is 5.68. The Morgan fingerprint density at radius 2 is 1.77 bits per heavy atom. The molecule has 1 N–H and O–H groups in total. The Morgan fingerprint density at radius 1 is 1.23 bits per heavy atom. The number of aliphatic hydroxyl groups excluding tert-OH is 1. The molecular formula is C17H28N2O3. The first kappa shape index (κ1) is 18.5. The van der Waals surface area contributed by atoms with Gasteiger partial charge in [-0.15, -0.1) is 0 Å². The van der Waals surface area contributed by atoms with Crippen molar-refractivity contribution in [1.82, 2.24) is 9.80 Å². The molecule has 0 aliphatic carbocycles. The molecule has 1 atom stereocenters. The fourth-order valence-electron chi connectivity index (χ4n) is 2.22. The van der Waals surface area contributed by atoms with Crippen molar-refractivity contribution in [3.05, 3.63) is 35.4 Å². The van der Waals surface area contributed by atoms with Crippen molar-refractivity contribution in [3.8, 4) is 0 Å². The highest BCUT2D eigenvalue weighted by Gasteiger charge is 2.29. The molecule has 0 fully saturated rings. The molecule has 0 radical (unpaired) electrons. The topological polar surface area (TPSA) is 53.0 Å². The fraction of sp³-hybridized carbons (Fsp3) is 0.588. The van der Waals surface area contributed by atoms with E-state index in [1.807, 2.05) is 59.1 Å². The minimum absolute atomic E-state index is 0.198. The molecule has 0 spiro atoms. The maximum absolute atomic E-state index is 11.9. The van der Waals surface area contributed by atoms with Crippen molar-refractivity contribution in [2.75, 3.05) is 27.7 Å². The highest BCUT2D eigenvalue weighted by Crippen LogP contribution is 2.21. The van der Waals surface area contributed by atoms with Crippen LogP contribution in [0.5, 0.6) is 0 Å². The van der Waals surface area contributed by atoms with Gasteiger partial charge >= 0.3 is 6.09 Å². The number of hydrogen-bond acceptors (Lipinski definition) is 4. The summed E-state index contributed by atoms with van der Waals surface area (Å²) in [6.45, 7) is 6.79. The van der Waals surface area contributed by atoms with E-state index in [4.69, 9.17) is 4.74 Å². The highest BCUT2D eigenvalue weighted by atomic mass is 16.5. The van der Waals surface area contributed by atoms with Gasteiger partial charge in [-0.1, -0.05) is 24.3 Å². The minimum atomic E-state index is -0.744. The minimum Gasteiger partial charge on any atom is -0.453 e. The van der Waals surface area contributed by atoms with Crippen LogP contribution in [-0.4, -0.2) is 54.3 Å². The van der Waals surface area contributed by atoms with Crippen LogP contribution in [-0.2, 0) is 11.3 Å². The van der Waals surface area contributed by atoms with Crippen LogP contribution in [0.4, 0.5) is 4.79 Å².